The topological polar surface area (TPSA) is 97.4 Å². The smallest absolute Gasteiger partial charge is 0.231 e. The van der Waals surface area contributed by atoms with Crippen LogP contribution in [0.25, 0.3) is 43.8 Å². The molecular weight excluding hydrogens is 688 g/mol. The van der Waals surface area contributed by atoms with E-state index < -0.39 is 0 Å². The average Bonchev–Trinajstić information content (AvgIpc) is 4.02. The third-order valence-electron chi connectivity index (χ3n) is 11.9. The van der Waals surface area contributed by atoms with Gasteiger partial charge in [-0.3, -0.25) is 4.79 Å². The Labute approximate surface area is 309 Å². The quantitative estimate of drug-likeness (QED) is 0.176. The summed E-state index contributed by atoms with van der Waals surface area (Å²) in [6.45, 7) is 0.650. The van der Waals surface area contributed by atoms with Gasteiger partial charge >= 0.3 is 0 Å². The summed E-state index contributed by atoms with van der Waals surface area (Å²) in [5, 5.41) is 4.12. The van der Waals surface area contributed by atoms with Gasteiger partial charge in [0.15, 0.2) is 46.0 Å². The van der Waals surface area contributed by atoms with Gasteiger partial charge in [-0.25, -0.2) is 0 Å². The molecule has 0 unspecified atom stereocenters. The lowest BCUT2D eigenvalue weighted by Gasteiger charge is -2.40. The van der Waals surface area contributed by atoms with E-state index in [1.807, 2.05) is 24.3 Å². The summed E-state index contributed by atoms with van der Waals surface area (Å²) in [6.07, 6.45) is 0.466. The maximum atomic E-state index is 14.9. The van der Waals surface area contributed by atoms with E-state index in [-0.39, 0.29) is 57.9 Å². The average molecular weight is 721 g/mol. The van der Waals surface area contributed by atoms with E-state index in [2.05, 4.69) is 72.4 Å². The Bertz CT molecular complexity index is 2490. The lowest BCUT2D eigenvalue weighted by Crippen LogP contribution is -2.33. The van der Waals surface area contributed by atoms with Crippen molar-refractivity contribution in [3.05, 3.63) is 83.9 Å². The third-order valence-corrected chi connectivity index (χ3v) is 11.9. The van der Waals surface area contributed by atoms with Gasteiger partial charge in [0, 0.05) is 60.0 Å². The molecule has 6 aromatic rings. The molecule has 0 saturated heterocycles. The highest BCUT2D eigenvalue weighted by Crippen LogP contribution is 2.58. The number of benzene rings is 6. The number of anilines is 2. The van der Waals surface area contributed by atoms with Crippen molar-refractivity contribution >= 4 is 38.7 Å². The Hall–Kier alpha value is -6.49. The van der Waals surface area contributed by atoms with E-state index in [0.717, 1.165) is 77.8 Å². The first-order chi connectivity index (χ1) is 26.5. The van der Waals surface area contributed by atoms with Gasteiger partial charge in [-0.15, -0.1) is 0 Å². The van der Waals surface area contributed by atoms with Crippen LogP contribution in [0.5, 0.6) is 46.0 Å². The fourth-order valence-corrected chi connectivity index (χ4v) is 9.40. The summed E-state index contributed by atoms with van der Waals surface area (Å²) < 4.78 is 47.1. The standard InChI is InChI=1S/C43H32N2O9/c1-44-30(38-24(7-9-32-42(38)53-19-47-32)26-5-3-21-11-34-36(51-17-49-34)15-28(21)40(26)44)13-23(46)14-31-39-25(8-10-33-43(39)54-20-48-33)27-6-4-22-12-35-37(52-18-50-35)16-29(22)41(27)45(31)2/h3-12,15-16,30-31H,13-14,17-20H2,1-2H3/t30-,31-/m1/s1. The number of hydrogen-bond acceptors (Lipinski definition) is 11. The molecule has 0 aromatic heterocycles. The molecule has 0 radical (unpaired) electrons. The minimum Gasteiger partial charge on any atom is -0.454 e. The van der Waals surface area contributed by atoms with Gasteiger partial charge in [0.05, 0.1) is 23.5 Å². The van der Waals surface area contributed by atoms with E-state index >= 15 is 0 Å². The summed E-state index contributed by atoms with van der Waals surface area (Å²) >= 11 is 0. The molecule has 0 N–H and O–H groups in total. The zero-order chi connectivity index (χ0) is 35.8. The monoisotopic (exact) mass is 720 g/mol. The minimum atomic E-state index is -0.338. The molecule has 0 bridgehead atoms. The van der Waals surface area contributed by atoms with E-state index in [1.54, 1.807) is 0 Å². The summed E-state index contributed by atoms with van der Waals surface area (Å²) in [4.78, 5) is 19.3. The van der Waals surface area contributed by atoms with Crippen molar-refractivity contribution in [2.75, 3.05) is 51.1 Å². The van der Waals surface area contributed by atoms with Crippen molar-refractivity contribution in [1.82, 2.24) is 0 Å². The lowest BCUT2D eigenvalue weighted by atomic mass is 9.81. The Kier molecular flexibility index (Phi) is 6.00. The highest BCUT2D eigenvalue weighted by Gasteiger charge is 2.41. The number of carbonyl (C=O) groups excluding carboxylic acids is 1. The van der Waals surface area contributed by atoms with Crippen LogP contribution >= 0.6 is 0 Å². The number of Topliss-reactive ketones (excluding diaryl/α,β-unsaturated/α-hetero) is 1. The van der Waals surface area contributed by atoms with Crippen LogP contribution in [0.15, 0.2) is 72.8 Å². The Balaban J connectivity index is 0.974. The highest BCUT2D eigenvalue weighted by atomic mass is 16.7. The molecule has 0 fully saturated rings. The number of carbonyl (C=O) groups is 1. The van der Waals surface area contributed by atoms with Gasteiger partial charge in [-0.1, -0.05) is 24.3 Å². The predicted molar refractivity (Wildman–Crippen MR) is 200 cm³/mol. The predicted octanol–water partition coefficient (Wildman–Crippen LogP) is 8.27. The largest absolute Gasteiger partial charge is 0.454 e. The van der Waals surface area contributed by atoms with Crippen molar-refractivity contribution in [3.8, 4) is 68.2 Å². The summed E-state index contributed by atoms with van der Waals surface area (Å²) in [6, 6.07) is 24.1. The van der Waals surface area contributed by atoms with Crippen LogP contribution in [-0.4, -0.2) is 47.1 Å². The highest BCUT2D eigenvalue weighted by molar-refractivity contribution is 6.08. The van der Waals surface area contributed by atoms with Crippen molar-refractivity contribution in [1.29, 1.82) is 0 Å². The number of hydrogen-bond donors (Lipinski definition) is 0. The van der Waals surface area contributed by atoms with Crippen LogP contribution in [0.1, 0.15) is 36.1 Å². The molecule has 0 spiro atoms. The molecule has 2 atom stereocenters. The number of nitrogens with zero attached hydrogens (tertiary/aromatic N) is 2. The fraction of sp³-hybridized carbons (Fsp3) is 0.233. The van der Waals surface area contributed by atoms with Crippen LogP contribution in [0.2, 0.25) is 0 Å². The second-order valence-corrected chi connectivity index (χ2v) is 14.5. The van der Waals surface area contributed by atoms with Gasteiger partial charge < -0.3 is 47.7 Å². The maximum absolute atomic E-state index is 14.9. The number of ether oxygens (including phenoxy) is 8. The molecule has 0 amide bonds. The number of ketones is 1. The molecule has 54 heavy (non-hydrogen) atoms. The van der Waals surface area contributed by atoms with E-state index in [9.17, 15) is 4.79 Å². The van der Waals surface area contributed by atoms with Crippen LogP contribution in [0.4, 0.5) is 11.4 Å². The van der Waals surface area contributed by atoms with E-state index in [1.165, 1.54) is 0 Å². The van der Waals surface area contributed by atoms with Crippen molar-refractivity contribution in [2.24, 2.45) is 0 Å². The molecule has 6 heterocycles. The lowest BCUT2D eigenvalue weighted by molar-refractivity contribution is -0.119. The molecule has 6 aliphatic heterocycles. The molecule has 268 valence electrons. The SMILES string of the molecule is CN1c2c(ccc3cc4c(cc23)OCO4)-c2ccc3c(c2[C@H]1CC(=O)C[C@@H]1c2c(ccc4c2OCO4)-c2ccc4cc5c(cc4c2N1C)OCO5)OCO3. The van der Waals surface area contributed by atoms with Crippen LogP contribution in [0.3, 0.4) is 0 Å². The number of fused-ring (bicyclic) bond motifs is 16. The maximum Gasteiger partial charge on any atom is 0.231 e. The van der Waals surface area contributed by atoms with Crippen LogP contribution < -0.4 is 47.7 Å². The van der Waals surface area contributed by atoms with Crippen molar-refractivity contribution in [3.63, 3.8) is 0 Å². The zero-order valence-electron chi connectivity index (χ0n) is 29.4. The molecule has 12 rings (SSSR count). The molecule has 11 nitrogen and oxygen atoms in total. The van der Waals surface area contributed by atoms with Crippen LogP contribution in [0, 0.1) is 0 Å². The first-order valence-electron chi connectivity index (χ1n) is 18.1. The number of rotatable bonds is 4. The van der Waals surface area contributed by atoms with Gasteiger partial charge in [-0.05, 0) is 70.4 Å². The van der Waals surface area contributed by atoms with Gasteiger partial charge in [-0.2, -0.15) is 0 Å². The van der Waals surface area contributed by atoms with Crippen molar-refractivity contribution < 1.29 is 42.7 Å². The van der Waals surface area contributed by atoms with Gasteiger partial charge in [0.1, 0.15) is 5.78 Å². The van der Waals surface area contributed by atoms with E-state index in [0.29, 0.717) is 34.5 Å². The Morgan fingerprint density at radius 3 is 1.35 bits per heavy atom. The molecular formula is C43H32N2O9. The fourth-order valence-electron chi connectivity index (χ4n) is 9.40. The molecule has 6 aromatic carbocycles. The first-order valence-corrected chi connectivity index (χ1v) is 18.1. The second-order valence-electron chi connectivity index (χ2n) is 14.5. The summed E-state index contributed by atoms with van der Waals surface area (Å²) in [5.41, 5.74) is 8.11. The van der Waals surface area contributed by atoms with Gasteiger partial charge in [0.25, 0.3) is 0 Å². The summed E-state index contributed by atoms with van der Waals surface area (Å²) in [5.74, 6) is 5.73. The molecule has 6 aliphatic rings. The molecule has 0 saturated carbocycles. The minimum absolute atomic E-state index is 0.0938. The normalized spacial score (nSPS) is 18.9. The van der Waals surface area contributed by atoms with Gasteiger partial charge in [0.2, 0.25) is 27.2 Å². The van der Waals surface area contributed by atoms with Crippen molar-refractivity contribution in [2.45, 2.75) is 24.9 Å². The summed E-state index contributed by atoms with van der Waals surface area (Å²) in [7, 11) is 4.12. The van der Waals surface area contributed by atoms with Crippen LogP contribution in [-0.2, 0) is 4.79 Å². The zero-order valence-corrected chi connectivity index (χ0v) is 29.4. The molecule has 0 aliphatic carbocycles. The first kappa shape index (κ1) is 30.0. The Morgan fingerprint density at radius 1 is 0.500 bits per heavy atom. The van der Waals surface area contributed by atoms with E-state index in [4.69, 9.17) is 37.9 Å². The third kappa shape index (κ3) is 4.03. The molecule has 11 heteroatoms. The Morgan fingerprint density at radius 2 is 0.889 bits per heavy atom. The second kappa shape index (κ2) is 10.8.